The van der Waals surface area contributed by atoms with Crippen LogP contribution in [0.25, 0.3) is 16.7 Å². The van der Waals surface area contributed by atoms with Crippen molar-refractivity contribution in [2.75, 3.05) is 38.2 Å². The van der Waals surface area contributed by atoms with Crippen LogP contribution in [0, 0.1) is 24.1 Å². The number of ether oxygens (including phenoxy) is 1. The van der Waals surface area contributed by atoms with Crippen molar-refractivity contribution in [3.8, 4) is 11.8 Å². The van der Waals surface area contributed by atoms with Gasteiger partial charge in [-0.2, -0.15) is 5.26 Å². The summed E-state index contributed by atoms with van der Waals surface area (Å²) in [6.07, 6.45) is 0.663. The maximum atomic E-state index is 14.0. The lowest BCUT2D eigenvalue weighted by Crippen LogP contribution is -2.47. The van der Waals surface area contributed by atoms with Crippen molar-refractivity contribution >= 4 is 34.1 Å². The molecule has 0 bridgehead atoms. The van der Waals surface area contributed by atoms with Crippen molar-refractivity contribution in [1.82, 2.24) is 14.3 Å². The van der Waals surface area contributed by atoms with Crippen molar-refractivity contribution < 1.29 is 9.13 Å². The van der Waals surface area contributed by atoms with Gasteiger partial charge in [-0.3, -0.25) is 9.30 Å². The maximum Gasteiger partial charge on any atom is 0.157 e. The molecule has 0 radical (unpaired) electrons. The first kappa shape index (κ1) is 26.1. The first-order chi connectivity index (χ1) is 19.5. The minimum atomic E-state index is -0.260. The van der Waals surface area contributed by atoms with E-state index in [1.165, 1.54) is 6.07 Å². The Kier molecular flexibility index (Phi) is 7.05. The molecule has 0 amide bonds. The number of nitrogens with zero attached hydrogens (tertiary/aromatic N) is 5. The highest BCUT2D eigenvalue weighted by Crippen LogP contribution is 2.35. The van der Waals surface area contributed by atoms with Gasteiger partial charge in [-0.15, -0.1) is 0 Å². The predicted octanol–water partition coefficient (Wildman–Crippen LogP) is 6.38. The van der Waals surface area contributed by atoms with Gasteiger partial charge in [-0.25, -0.2) is 9.37 Å². The molecule has 0 aliphatic carbocycles. The second-order valence-corrected chi connectivity index (χ2v) is 10.6. The van der Waals surface area contributed by atoms with Crippen molar-refractivity contribution in [2.45, 2.75) is 19.9 Å². The van der Waals surface area contributed by atoms with Crippen LogP contribution in [0.3, 0.4) is 0 Å². The molecule has 0 atom stereocenters. The van der Waals surface area contributed by atoms with E-state index in [4.69, 9.17) is 21.3 Å². The first-order valence-electron chi connectivity index (χ1n) is 13.3. The zero-order chi connectivity index (χ0) is 27.8. The summed E-state index contributed by atoms with van der Waals surface area (Å²) < 4.78 is 21.6. The van der Waals surface area contributed by atoms with E-state index in [0.717, 1.165) is 65.3 Å². The van der Waals surface area contributed by atoms with E-state index in [0.29, 0.717) is 34.9 Å². The number of rotatable bonds is 6. The topological polar surface area (TPSA) is 56.8 Å². The van der Waals surface area contributed by atoms with Crippen LogP contribution in [0.15, 0.2) is 66.7 Å². The number of pyridine rings is 1. The molecular weight excluding hydrogens is 525 g/mol. The summed E-state index contributed by atoms with van der Waals surface area (Å²) >= 11 is 6.18. The number of para-hydroxylation sites is 2. The molecule has 202 valence electrons. The summed E-state index contributed by atoms with van der Waals surface area (Å²) in [6.45, 7) is 5.79. The molecule has 3 aromatic carbocycles. The average molecular weight is 554 g/mol. The fourth-order valence-electron chi connectivity index (χ4n) is 5.74. The zero-order valence-corrected chi connectivity index (χ0v) is 23.2. The maximum absolute atomic E-state index is 14.0. The molecule has 2 aromatic heterocycles. The van der Waals surface area contributed by atoms with Crippen molar-refractivity contribution in [3.63, 3.8) is 0 Å². The molecule has 3 heterocycles. The van der Waals surface area contributed by atoms with Gasteiger partial charge in [-0.1, -0.05) is 35.9 Å². The highest BCUT2D eigenvalue weighted by molar-refractivity contribution is 6.30. The smallest absolute Gasteiger partial charge is 0.157 e. The number of imidazole rings is 1. The Morgan fingerprint density at radius 2 is 1.77 bits per heavy atom. The third-order valence-corrected chi connectivity index (χ3v) is 8.06. The van der Waals surface area contributed by atoms with Crippen LogP contribution in [-0.4, -0.2) is 47.6 Å². The van der Waals surface area contributed by atoms with E-state index in [9.17, 15) is 9.65 Å². The molecule has 6 rings (SSSR count). The second kappa shape index (κ2) is 10.8. The number of fused-ring (bicyclic) bond motifs is 3. The molecule has 0 N–H and O–H groups in total. The Morgan fingerprint density at radius 1 is 1.02 bits per heavy atom. The Balaban J connectivity index is 1.42. The molecule has 1 aliphatic heterocycles. The normalized spacial score (nSPS) is 14.1. The van der Waals surface area contributed by atoms with E-state index >= 15 is 0 Å². The van der Waals surface area contributed by atoms with E-state index < -0.39 is 0 Å². The monoisotopic (exact) mass is 553 g/mol. The lowest BCUT2D eigenvalue weighted by atomic mass is 9.97. The highest BCUT2D eigenvalue weighted by atomic mass is 35.5. The van der Waals surface area contributed by atoms with Crippen LogP contribution in [0.2, 0.25) is 5.02 Å². The summed E-state index contributed by atoms with van der Waals surface area (Å²) in [7, 11) is 1.62. The molecule has 0 spiro atoms. The van der Waals surface area contributed by atoms with Crippen molar-refractivity contribution in [2.24, 2.45) is 0 Å². The molecule has 1 fully saturated rings. The summed E-state index contributed by atoms with van der Waals surface area (Å²) in [5.41, 5.74) is 7.14. The number of anilines is 1. The fraction of sp³-hybridized carbons (Fsp3) is 0.250. The molecule has 1 saturated heterocycles. The summed E-state index contributed by atoms with van der Waals surface area (Å²) in [5.74, 6) is 1.50. The highest BCUT2D eigenvalue weighted by Gasteiger charge is 2.27. The Morgan fingerprint density at radius 3 is 2.50 bits per heavy atom. The van der Waals surface area contributed by atoms with Gasteiger partial charge in [0.25, 0.3) is 0 Å². The largest absolute Gasteiger partial charge is 0.496 e. The van der Waals surface area contributed by atoms with E-state index in [-0.39, 0.29) is 5.82 Å². The van der Waals surface area contributed by atoms with Gasteiger partial charge >= 0.3 is 0 Å². The number of piperazine rings is 1. The Labute approximate surface area is 237 Å². The quantitative estimate of drug-likeness (QED) is 0.244. The molecule has 6 nitrogen and oxygen atoms in total. The third-order valence-electron chi connectivity index (χ3n) is 7.81. The van der Waals surface area contributed by atoms with Gasteiger partial charge in [0, 0.05) is 55.3 Å². The number of hydrogen-bond donors (Lipinski definition) is 0. The zero-order valence-electron chi connectivity index (χ0n) is 22.5. The van der Waals surface area contributed by atoms with Crippen LogP contribution >= 0.6 is 11.6 Å². The van der Waals surface area contributed by atoms with Crippen molar-refractivity contribution in [3.05, 3.63) is 105 Å². The number of aromatic nitrogens is 2. The third kappa shape index (κ3) is 4.74. The molecular formula is C32H29ClFN5O. The number of benzene rings is 3. The first-order valence-corrected chi connectivity index (χ1v) is 13.7. The SMILES string of the molecule is COc1ccc(F)cc1CN1CCN(c2c(Cc3ccc(Cl)cc3)c(C)c(C#N)c3nc4ccccc4n23)CC1. The van der Waals surface area contributed by atoms with Gasteiger partial charge in [0.15, 0.2) is 5.65 Å². The minimum absolute atomic E-state index is 0.260. The van der Waals surface area contributed by atoms with Gasteiger partial charge in [0.2, 0.25) is 0 Å². The predicted molar refractivity (Wildman–Crippen MR) is 157 cm³/mol. The Hall–Kier alpha value is -4.12. The van der Waals surface area contributed by atoms with Gasteiger partial charge < -0.3 is 9.64 Å². The second-order valence-electron chi connectivity index (χ2n) is 10.2. The standard InChI is InChI=1S/C32H29ClFN5O/c1-21-26(17-22-7-9-24(33)10-8-22)32(39-29-6-4-3-5-28(29)36-31(39)27(21)19-35)38-15-13-37(14-16-38)20-23-18-25(34)11-12-30(23)40-2/h3-12,18H,13-17,20H2,1-2H3. The van der Waals surface area contributed by atoms with Gasteiger partial charge in [0.05, 0.1) is 23.7 Å². The molecule has 0 unspecified atom stereocenters. The van der Waals surface area contributed by atoms with Gasteiger partial charge in [0.1, 0.15) is 23.5 Å². The van der Waals surface area contributed by atoms with Crippen molar-refractivity contribution in [1.29, 1.82) is 5.26 Å². The summed E-state index contributed by atoms with van der Waals surface area (Å²) in [5, 5.41) is 10.9. The van der Waals surface area contributed by atoms with E-state index in [1.807, 2.05) is 49.4 Å². The number of halogens is 2. The van der Waals surface area contributed by atoms with E-state index in [2.05, 4.69) is 26.3 Å². The van der Waals surface area contributed by atoms with Gasteiger partial charge in [-0.05, 0) is 60.5 Å². The molecule has 8 heteroatoms. The number of nitriles is 1. The number of hydrogen-bond acceptors (Lipinski definition) is 5. The minimum Gasteiger partial charge on any atom is -0.496 e. The van der Waals surface area contributed by atoms with E-state index in [1.54, 1.807) is 19.2 Å². The molecule has 5 aromatic rings. The molecule has 40 heavy (non-hydrogen) atoms. The Bertz CT molecular complexity index is 1750. The molecule has 0 saturated carbocycles. The van der Waals surface area contributed by atoms with Crippen LogP contribution in [-0.2, 0) is 13.0 Å². The summed E-state index contributed by atoms with van der Waals surface area (Å²) in [6, 6.07) is 23.0. The summed E-state index contributed by atoms with van der Waals surface area (Å²) in [4.78, 5) is 9.63. The van der Waals surface area contributed by atoms with Crippen LogP contribution < -0.4 is 9.64 Å². The fourth-order valence-corrected chi connectivity index (χ4v) is 5.87. The van der Waals surface area contributed by atoms with Crippen LogP contribution in [0.4, 0.5) is 10.2 Å². The average Bonchev–Trinajstić information content (AvgIpc) is 3.34. The van der Waals surface area contributed by atoms with Crippen LogP contribution in [0.1, 0.15) is 27.8 Å². The lowest BCUT2D eigenvalue weighted by molar-refractivity contribution is 0.245. The lowest BCUT2D eigenvalue weighted by Gasteiger charge is -2.38. The number of methoxy groups -OCH3 is 1. The molecule has 1 aliphatic rings. The van der Waals surface area contributed by atoms with Crippen LogP contribution in [0.5, 0.6) is 5.75 Å².